The Kier molecular flexibility index (Phi) is 4.26. The zero-order valence-corrected chi connectivity index (χ0v) is 14.0. The van der Waals surface area contributed by atoms with Crippen LogP contribution in [0.2, 0.25) is 0 Å². The van der Waals surface area contributed by atoms with Gasteiger partial charge in [0.25, 0.3) is 5.56 Å². The molecule has 0 unspecified atom stereocenters. The van der Waals surface area contributed by atoms with Gasteiger partial charge in [0.05, 0.1) is 12.1 Å². The molecule has 0 aliphatic rings. The van der Waals surface area contributed by atoms with Gasteiger partial charge in [-0.05, 0) is 6.92 Å². The predicted octanol–water partition coefficient (Wildman–Crippen LogP) is 1.86. The highest BCUT2D eigenvalue weighted by molar-refractivity contribution is 7.13. The van der Waals surface area contributed by atoms with Crippen LogP contribution < -0.4 is 11.2 Å². The Morgan fingerprint density at radius 2 is 1.92 bits per heavy atom. The summed E-state index contributed by atoms with van der Waals surface area (Å²) in [5, 5.41) is 2.37. The van der Waals surface area contributed by atoms with Crippen molar-refractivity contribution in [3.8, 4) is 10.6 Å². The molecule has 3 rings (SSSR count). The Labute approximate surface area is 141 Å². The van der Waals surface area contributed by atoms with E-state index < -0.39 is 11.2 Å². The molecule has 0 bridgehead atoms. The minimum absolute atomic E-state index is 0.290. The molecular weight excluding hydrogens is 326 g/mol. The van der Waals surface area contributed by atoms with Crippen LogP contribution in [0.1, 0.15) is 16.1 Å². The second kappa shape index (κ2) is 6.37. The number of ketones is 1. The maximum absolute atomic E-state index is 12.7. The summed E-state index contributed by atoms with van der Waals surface area (Å²) in [6.45, 7) is 1.53. The summed E-state index contributed by atoms with van der Waals surface area (Å²) in [5.74, 6) is -0.290. The molecule has 122 valence electrons. The zero-order valence-electron chi connectivity index (χ0n) is 13.2. The van der Waals surface area contributed by atoms with E-state index in [0.29, 0.717) is 16.1 Å². The average molecular weight is 341 g/mol. The molecule has 24 heavy (non-hydrogen) atoms. The van der Waals surface area contributed by atoms with Gasteiger partial charge in [-0.3, -0.25) is 14.2 Å². The van der Waals surface area contributed by atoms with E-state index in [1.165, 1.54) is 22.1 Å². The summed E-state index contributed by atoms with van der Waals surface area (Å²) in [5.41, 5.74) is 0.547. The number of carbonyl (C=O) groups is 1. The van der Waals surface area contributed by atoms with Crippen LogP contribution in [0.3, 0.4) is 0 Å². The standard InChI is InChI=1S/C17H15N3O3S/c1-11-10-24-15(18-11)13-8-19(2)17(23)20(16(13)22)9-14(21)12-6-4-3-5-7-12/h3-8,10H,9H2,1-2H3. The largest absolute Gasteiger partial charge is 0.331 e. The van der Waals surface area contributed by atoms with Gasteiger partial charge in [0.2, 0.25) is 0 Å². The summed E-state index contributed by atoms with van der Waals surface area (Å²) in [7, 11) is 1.55. The Bertz CT molecular complexity index is 1020. The number of aromatic nitrogens is 3. The SMILES string of the molecule is Cc1csc(-c2cn(C)c(=O)n(CC(=O)c3ccccc3)c2=O)n1. The van der Waals surface area contributed by atoms with Crippen LogP contribution in [0, 0.1) is 6.92 Å². The van der Waals surface area contributed by atoms with E-state index in [1.807, 2.05) is 12.3 Å². The molecule has 0 N–H and O–H groups in total. The van der Waals surface area contributed by atoms with E-state index in [0.717, 1.165) is 10.3 Å². The number of carbonyl (C=O) groups excluding carboxylic acids is 1. The zero-order chi connectivity index (χ0) is 17.3. The molecular formula is C17H15N3O3S. The summed E-state index contributed by atoms with van der Waals surface area (Å²) < 4.78 is 2.26. The molecule has 6 nitrogen and oxygen atoms in total. The maximum atomic E-state index is 12.7. The quantitative estimate of drug-likeness (QED) is 0.679. The fourth-order valence-corrected chi connectivity index (χ4v) is 3.15. The third kappa shape index (κ3) is 2.98. The first-order valence-electron chi connectivity index (χ1n) is 7.28. The molecule has 1 aromatic carbocycles. The summed E-state index contributed by atoms with van der Waals surface area (Å²) in [4.78, 5) is 41.6. The normalized spacial score (nSPS) is 10.8. The third-order valence-corrected chi connectivity index (χ3v) is 4.57. The van der Waals surface area contributed by atoms with Crippen molar-refractivity contribution in [3.05, 3.63) is 74.0 Å². The molecule has 0 radical (unpaired) electrons. The highest BCUT2D eigenvalue weighted by atomic mass is 32.1. The number of hydrogen-bond acceptors (Lipinski definition) is 5. The fourth-order valence-electron chi connectivity index (χ4n) is 2.35. The van der Waals surface area contributed by atoms with Crippen LogP contribution in [0.25, 0.3) is 10.6 Å². The second-order valence-electron chi connectivity index (χ2n) is 5.41. The van der Waals surface area contributed by atoms with E-state index in [2.05, 4.69) is 4.98 Å². The van der Waals surface area contributed by atoms with Crippen molar-refractivity contribution in [2.75, 3.05) is 0 Å². The highest BCUT2D eigenvalue weighted by Gasteiger charge is 2.16. The first kappa shape index (κ1) is 16.1. The minimum Gasteiger partial charge on any atom is -0.303 e. The number of aryl methyl sites for hydroxylation is 2. The lowest BCUT2D eigenvalue weighted by Crippen LogP contribution is -2.41. The molecule has 0 amide bonds. The maximum Gasteiger partial charge on any atom is 0.331 e. The van der Waals surface area contributed by atoms with Gasteiger partial charge in [-0.1, -0.05) is 30.3 Å². The molecule has 0 fully saturated rings. The smallest absolute Gasteiger partial charge is 0.303 e. The number of thiazole rings is 1. The lowest BCUT2D eigenvalue weighted by Gasteiger charge is -2.09. The number of nitrogens with zero attached hydrogens (tertiary/aromatic N) is 3. The first-order chi connectivity index (χ1) is 11.5. The number of Topliss-reactive ketones (excluding diaryl/α,β-unsaturated/α-hetero) is 1. The van der Waals surface area contributed by atoms with E-state index in [4.69, 9.17) is 0 Å². The van der Waals surface area contributed by atoms with E-state index >= 15 is 0 Å². The van der Waals surface area contributed by atoms with Crippen LogP contribution in [-0.4, -0.2) is 19.9 Å². The van der Waals surface area contributed by atoms with Crippen molar-refractivity contribution < 1.29 is 4.79 Å². The van der Waals surface area contributed by atoms with Gasteiger partial charge in [0, 0.05) is 29.9 Å². The van der Waals surface area contributed by atoms with E-state index in [9.17, 15) is 14.4 Å². The van der Waals surface area contributed by atoms with Gasteiger partial charge in [0.15, 0.2) is 5.78 Å². The van der Waals surface area contributed by atoms with Crippen LogP contribution in [0.5, 0.6) is 0 Å². The van der Waals surface area contributed by atoms with E-state index in [-0.39, 0.29) is 12.3 Å². The molecule has 0 saturated heterocycles. The second-order valence-corrected chi connectivity index (χ2v) is 6.27. The predicted molar refractivity (Wildman–Crippen MR) is 92.6 cm³/mol. The van der Waals surface area contributed by atoms with Crippen molar-refractivity contribution in [2.45, 2.75) is 13.5 Å². The monoisotopic (exact) mass is 341 g/mol. The van der Waals surface area contributed by atoms with Crippen molar-refractivity contribution in [2.24, 2.45) is 7.05 Å². The van der Waals surface area contributed by atoms with Crippen LogP contribution in [-0.2, 0) is 13.6 Å². The van der Waals surface area contributed by atoms with E-state index in [1.54, 1.807) is 37.4 Å². The average Bonchev–Trinajstić information content (AvgIpc) is 3.01. The number of hydrogen-bond donors (Lipinski definition) is 0. The number of rotatable bonds is 4. The van der Waals surface area contributed by atoms with Gasteiger partial charge >= 0.3 is 5.69 Å². The highest BCUT2D eigenvalue weighted by Crippen LogP contribution is 2.19. The molecule has 0 spiro atoms. The van der Waals surface area contributed by atoms with Gasteiger partial charge < -0.3 is 4.57 Å². The van der Waals surface area contributed by atoms with Crippen molar-refractivity contribution in [1.82, 2.24) is 14.1 Å². The van der Waals surface area contributed by atoms with Gasteiger partial charge in [-0.15, -0.1) is 11.3 Å². The fraction of sp³-hybridized carbons (Fsp3) is 0.176. The summed E-state index contributed by atoms with van der Waals surface area (Å²) in [6, 6.07) is 8.59. The van der Waals surface area contributed by atoms with Crippen molar-refractivity contribution in [3.63, 3.8) is 0 Å². The summed E-state index contributed by atoms with van der Waals surface area (Å²) >= 11 is 1.33. The Morgan fingerprint density at radius 3 is 2.54 bits per heavy atom. The lowest BCUT2D eigenvalue weighted by molar-refractivity contribution is 0.0968. The summed E-state index contributed by atoms with van der Waals surface area (Å²) in [6.07, 6.45) is 1.46. The van der Waals surface area contributed by atoms with Crippen LogP contribution in [0.4, 0.5) is 0 Å². The minimum atomic E-state index is -0.527. The first-order valence-corrected chi connectivity index (χ1v) is 8.16. The molecule has 0 saturated carbocycles. The molecule has 2 heterocycles. The Hall–Kier alpha value is -2.80. The molecule has 3 aromatic rings. The van der Waals surface area contributed by atoms with Gasteiger partial charge in [-0.2, -0.15) is 0 Å². The van der Waals surface area contributed by atoms with Gasteiger partial charge in [0.1, 0.15) is 5.01 Å². The van der Waals surface area contributed by atoms with Gasteiger partial charge in [-0.25, -0.2) is 9.78 Å². The molecule has 0 aliphatic carbocycles. The van der Waals surface area contributed by atoms with Crippen molar-refractivity contribution in [1.29, 1.82) is 0 Å². The molecule has 2 aromatic heterocycles. The molecule has 7 heteroatoms. The molecule has 0 aliphatic heterocycles. The third-order valence-electron chi connectivity index (χ3n) is 3.58. The van der Waals surface area contributed by atoms with Crippen LogP contribution >= 0.6 is 11.3 Å². The Balaban J connectivity index is 2.08. The topological polar surface area (TPSA) is 74.0 Å². The Morgan fingerprint density at radius 1 is 1.21 bits per heavy atom. The van der Waals surface area contributed by atoms with Crippen molar-refractivity contribution >= 4 is 17.1 Å². The van der Waals surface area contributed by atoms with Crippen LogP contribution in [0.15, 0.2) is 51.5 Å². The molecule has 0 atom stereocenters. The lowest BCUT2D eigenvalue weighted by atomic mass is 10.1. The number of benzene rings is 1.